The number of hydrogen-bond donors (Lipinski definition) is 0. The van der Waals surface area contributed by atoms with Gasteiger partial charge in [-0.1, -0.05) is 24.1 Å². The molecule has 1 amide bonds. The lowest BCUT2D eigenvalue weighted by atomic mass is 9.97. The molecule has 1 fully saturated rings. The minimum atomic E-state index is -0.376. The standard InChI is InChI=1S/C20H20N2O3S/c1-2-25-20(24)17-14-26-19(21-17)16-10-12-22(13-11-16)18(23)9-8-15-6-4-3-5-7-15/h3-7,14,16H,2,10-13H2,1H3. The van der Waals surface area contributed by atoms with Crippen molar-refractivity contribution in [1.29, 1.82) is 0 Å². The summed E-state index contributed by atoms with van der Waals surface area (Å²) in [5.74, 6) is 5.38. The summed E-state index contributed by atoms with van der Waals surface area (Å²) in [6, 6.07) is 9.49. The number of esters is 1. The molecule has 0 spiro atoms. The number of thiazole rings is 1. The van der Waals surface area contributed by atoms with Gasteiger partial charge in [0.25, 0.3) is 5.91 Å². The lowest BCUT2D eigenvalue weighted by molar-refractivity contribution is -0.126. The Morgan fingerprint density at radius 3 is 2.69 bits per heavy atom. The van der Waals surface area contributed by atoms with Crippen molar-refractivity contribution in [3.8, 4) is 11.8 Å². The predicted octanol–water partition coefficient (Wildman–Crippen LogP) is 3.08. The van der Waals surface area contributed by atoms with Crippen molar-refractivity contribution in [2.24, 2.45) is 0 Å². The van der Waals surface area contributed by atoms with E-state index in [2.05, 4.69) is 16.8 Å². The number of ether oxygens (including phenoxy) is 1. The zero-order valence-corrected chi connectivity index (χ0v) is 15.4. The van der Waals surface area contributed by atoms with Crippen molar-refractivity contribution >= 4 is 23.2 Å². The summed E-state index contributed by atoms with van der Waals surface area (Å²) in [5, 5.41) is 2.69. The molecule has 1 aromatic carbocycles. The van der Waals surface area contributed by atoms with E-state index in [0.29, 0.717) is 25.4 Å². The van der Waals surface area contributed by atoms with Gasteiger partial charge in [-0.2, -0.15) is 0 Å². The average molecular weight is 368 g/mol. The van der Waals surface area contributed by atoms with Crippen molar-refractivity contribution in [2.75, 3.05) is 19.7 Å². The van der Waals surface area contributed by atoms with E-state index >= 15 is 0 Å². The molecule has 3 rings (SSSR count). The van der Waals surface area contributed by atoms with Gasteiger partial charge in [0.1, 0.15) is 0 Å². The molecule has 2 aromatic rings. The van der Waals surface area contributed by atoms with Gasteiger partial charge in [0.15, 0.2) is 5.69 Å². The van der Waals surface area contributed by atoms with Crippen LogP contribution >= 0.6 is 11.3 Å². The summed E-state index contributed by atoms with van der Waals surface area (Å²) in [6.07, 6.45) is 1.66. The van der Waals surface area contributed by atoms with Crippen molar-refractivity contribution in [2.45, 2.75) is 25.7 Å². The Morgan fingerprint density at radius 2 is 2.00 bits per heavy atom. The number of benzene rings is 1. The van der Waals surface area contributed by atoms with Gasteiger partial charge in [-0.25, -0.2) is 9.78 Å². The summed E-state index contributed by atoms with van der Waals surface area (Å²) in [6.45, 7) is 3.43. The normalized spacial score (nSPS) is 14.4. The van der Waals surface area contributed by atoms with Crippen molar-refractivity contribution < 1.29 is 14.3 Å². The fourth-order valence-corrected chi connectivity index (χ4v) is 3.79. The number of amides is 1. The zero-order valence-electron chi connectivity index (χ0n) is 14.6. The second kappa shape index (κ2) is 8.63. The molecule has 1 aliphatic rings. The largest absolute Gasteiger partial charge is 0.461 e. The highest BCUT2D eigenvalue weighted by atomic mass is 32.1. The molecule has 0 unspecified atom stereocenters. The second-order valence-electron chi connectivity index (χ2n) is 5.97. The Hall–Kier alpha value is -2.65. The van der Waals surface area contributed by atoms with Crippen molar-refractivity contribution in [1.82, 2.24) is 9.88 Å². The Kier molecular flexibility index (Phi) is 6.03. The third-order valence-electron chi connectivity index (χ3n) is 4.23. The Labute approximate surface area is 157 Å². The minimum absolute atomic E-state index is 0.140. The quantitative estimate of drug-likeness (QED) is 0.617. The summed E-state index contributed by atoms with van der Waals surface area (Å²) in [4.78, 5) is 30.2. The summed E-state index contributed by atoms with van der Waals surface area (Å²) in [5.41, 5.74) is 1.21. The van der Waals surface area contributed by atoms with Crippen LogP contribution in [0.3, 0.4) is 0 Å². The van der Waals surface area contributed by atoms with Crippen LogP contribution in [0, 0.1) is 11.8 Å². The van der Waals surface area contributed by atoms with Gasteiger partial charge in [0, 0.05) is 35.9 Å². The third-order valence-corrected chi connectivity index (χ3v) is 5.23. The van der Waals surface area contributed by atoms with Gasteiger partial charge in [-0.15, -0.1) is 11.3 Å². The highest BCUT2D eigenvalue weighted by molar-refractivity contribution is 7.09. The molecule has 1 aliphatic heterocycles. The Bertz CT molecular complexity index is 827. The molecule has 0 radical (unpaired) electrons. The lowest BCUT2D eigenvalue weighted by Crippen LogP contribution is -2.37. The number of piperidine rings is 1. The van der Waals surface area contributed by atoms with Crippen LogP contribution in [0.15, 0.2) is 35.7 Å². The van der Waals surface area contributed by atoms with Gasteiger partial charge in [-0.05, 0) is 31.9 Å². The molecule has 2 heterocycles. The summed E-state index contributed by atoms with van der Waals surface area (Å²) >= 11 is 1.48. The smallest absolute Gasteiger partial charge is 0.357 e. The van der Waals surface area contributed by atoms with Crippen LogP contribution in [-0.4, -0.2) is 41.5 Å². The van der Waals surface area contributed by atoms with Crippen LogP contribution in [0.2, 0.25) is 0 Å². The topological polar surface area (TPSA) is 59.5 Å². The van der Waals surface area contributed by atoms with E-state index in [1.54, 1.807) is 17.2 Å². The molecule has 0 saturated carbocycles. The van der Waals surface area contributed by atoms with Gasteiger partial charge >= 0.3 is 5.97 Å². The molecular formula is C20H20N2O3S. The van der Waals surface area contributed by atoms with Crippen molar-refractivity contribution in [3.63, 3.8) is 0 Å². The molecule has 6 heteroatoms. The number of rotatable bonds is 3. The SMILES string of the molecule is CCOC(=O)c1csc(C2CCN(C(=O)C#Cc3ccccc3)CC2)n1. The van der Waals surface area contributed by atoms with E-state index in [1.165, 1.54) is 11.3 Å². The molecule has 1 aromatic heterocycles. The van der Waals surface area contributed by atoms with Crippen LogP contribution in [-0.2, 0) is 9.53 Å². The number of hydrogen-bond acceptors (Lipinski definition) is 5. The highest BCUT2D eigenvalue weighted by Gasteiger charge is 2.26. The monoisotopic (exact) mass is 368 g/mol. The zero-order chi connectivity index (χ0) is 18.4. The van der Waals surface area contributed by atoms with Gasteiger partial charge in [-0.3, -0.25) is 4.79 Å². The first kappa shape index (κ1) is 18.2. The number of carbonyl (C=O) groups excluding carboxylic acids is 2. The fraction of sp³-hybridized carbons (Fsp3) is 0.350. The van der Waals surface area contributed by atoms with E-state index in [1.807, 2.05) is 30.3 Å². The second-order valence-corrected chi connectivity index (χ2v) is 6.86. The van der Waals surface area contributed by atoms with E-state index in [-0.39, 0.29) is 17.8 Å². The number of nitrogens with zero attached hydrogens (tertiary/aromatic N) is 2. The maximum Gasteiger partial charge on any atom is 0.357 e. The van der Waals surface area contributed by atoms with Gasteiger partial charge < -0.3 is 9.64 Å². The summed E-state index contributed by atoms with van der Waals surface area (Å²) in [7, 11) is 0. The molecule has 5 nitrogen and oxygen atoms in total. The van der Waals surface area contributed by atoms with Gasteiger partial charge in [0.05, 0.1) is 11.6 Å². The molecule has 134 valence electrons. The van der Waals surface area contributed by atoms with Crippen LogP contribution < -0.4 is 0 Å². The first-order chi connectivity index (χ1) is 12.7. The number of likely N-dealkylation sites (tertiary alicyclic amines) is 1. The van der Waals surface area contributed by atoms with Crippen molar-refractivity contribution in [3.05, 3.63) is 52.0 Å². The summed E-state index contributed by atoms with van der Waals surface area (Å²) < 4.78 is 4.98. The van der Waals surface area contributed by atoms with E-state index in [9.17, 15) is 9.59 Å². The maximum atomic E-state index is 12.3. The van der Waals surface area contributed by atoms with E-state index in [0.717, 1.165) is 23.4 Å². The maximum absolute atomic E-state index is 12.3. The first-order valence-corrected chi connectivity index (χ1v) is 9.54. The molecular weight excluding hydrogens is 348 g/mol. The minimum Gasteiger partial charge on any atom is -0.461 e. The predicted molar refractivity (Wildman–Crippen MR) is 99.9 cm³/mol. The van der Waals surface area contributed by atoms with E-state index in [4.69, 9.17) is 4.74 Å². The molecule has 26 heavy (non-hydrogen) atoms. The molecule has 0 aliphatic carbocycles. The van der Waals surface area contributed by atoms with Crippen LogP contribution in [0.5, 0.6) is 0 Å². The molecule has 1 saturated heterocycles. The van der Waals surface area contributed by atoms with E-state index < -0.39 is 0 Å². The number of carbonyl (C=O) groups is 2. The molecule has 0 N–H and O–H groups in total. The first-order valence-electron chi connectivity index (χ1n) is 8.66. The lowest BCUT2D eigenvalue weighted by Gasteiger charge is -2.29. The van der Waals surface area contributed by atoms with Gasteiger partial charge in [0.2, 0.25) is 0 Å². The Balaban J connectivity index is 1.55. The highest BCUT2D eigenvalue weighted by Crippen LogP contribution is 2.30. The fourth-order valence-electron chi connectivity index (χ4n) is 2.83. The molecule has 0 atom stereocenters. The van der Waals surface area contributed by atoms with Crippen LogP contribution in [0.1, 0.15) is 46.7 Å². The molecule has 0 bridgehead atoms. The van der Waals surface area contributed by atoms with Crippen LogP contribution in [0.4, 0.5) is 0 Å². The Morgan fingerprint density at radius 1 is 1.27 bits per heavy atom. The number of aromatic nitrogens is 1. The van der Waals surface area contributed by atoms with Crippen LogP contribution in [0.25, 0.3) is 0 Å². The average Bonchev–Trinajstić information content (AvgIpc) is 3.18. The third kappa shape index (κ3) is 4.50.